The van der Waals surface area contributed by atoms with Crippen LogP contribution in [0.3, 0.4) is 0 Å². The monoisotopic (exact) mass is 167 g/mol. The van der Waals surface area contributed by atoms with Gasteiger partial charge in [-0.25, -0.2) is 4.39 Å². The van der Waals surface area contributed by atoms with Crippen molar-refractivity contribution in [2.24, 2.45) is 0 Å². The predicted octanol–water partition coefficient (Wildman–Crippen LogP) is 2.40. The summed E-state index contributed by atoms with van der Waals surface area (Å²) in [4.78, 5) is 1.91. The molecule has 0 bridgehead atoms. The van der Waals surface area contributed by atoms with E-state index in [-0.39, 0.29) is 6.67 Å². The van der Waals surface area contributed by atoms with Gasteiger partial charge in [-0.1, -0.05) is 12.1 Å². The number of anilines is 1. The summed E-state index contributed by atoms with van der Waals surface area (Å²) in [6.07, 6.45) is 0. The van der Waals surface area contributed by atoms with Crippen LogP contribution in [-0.2, 0) is 0 Å². The van der Waals surface area contributed by atoms with Gasteiger partial charge in [0.05, 0.1) is 0 Å². The first kappa shape index (κ1) is 9.04. The molecular weight excluding hydrogens is 153 g/mol. The molecule has 0 amide bonds. The second kappa shape index (κ2) is 4.10. The van der Waals surface area contributed by atoms with Crippen LogP contribution in [0.5, 0.6) is 0 Å². The predicted molar refractivity (Wildman–Crippen MR) is 50.4 cm³/mol. The van der Waals surface area contributed by atoms with Crippen molar-refractivity contribution in [3.05, 3.63) is 29.8 Å². The minimum absolute atomic E-state index is 0.301. The average molecular weight is 167 g/mol. The first-order valence-corrected chi connectivity index (χ1v) is 4.08. The lowest BCUT2D eigenvalue weighted by atomic mass is 10.2. The Morgan fingerprint density at radius 3 is 2.75 bits per heavy atom. The molecule has 0 heterocycles. The van der Waals surface area contributed by atoms with Crippen LogP contribution in [0, 0.1) is 6.92 Å². The van der Waals surface area contributed by atoms with E-state index in [2.05, 4.69) is 6.07 Å². The summed E-state index contributed by atoms with van der Waals surface area (Å²) in [6.45, 7) is 2.20. The highest BCUT2D eigenvalue weighted by Gasteiger charge is 1.98. The van der Waals surface area contributed by atoms with Gasteiger partial charge in [0.15, 0.2) is 0 Å². The van der Waals surface area contributed by atoms with E-state index in [1.165, 1.54) is 5.56 Å². The van der Waals surface area contributed by atoms with Crippen LogP contribution in [0.25, 0.3) is 0 Å². The van der Waals surface area contributed by atoms with Crippen molar-refractivity contribution in [2.45, 2.75) is 6.92 Å². The second-order valence-electron chi connectivity index (χ2n) is 2.95. The SMILES string of the molecule is Cc1cccc(N(C)CCF)c1. The van der Waals surface area contributed by atoms with Crippen LogP contribution < -0.4 is 4.90 Å². The van der Waals surface area contributed by atoms with E-state index in [0.29, 0.717) is 6.54 Å². The molecule has 0 saturated carbocycles. The van der Waals surface area contributed by atoms with Crippen LogP contribution in [0.2, 0.25) is 0 Å². The molecule has 0 N–H and O–H groups in total. The Morgan fingerprint density at radius 2 is 2.17 bits per heavy atom. The fourth-order valence-corrected chi connectivity index (χ4v) is 1.12. The van der Waals surface area contributed by atoms with Crippen molar-refractivity contribution in [3.63, 3.8) is 0 Å². The van der Waals surface area contributed by atoms with Gasteiger partial charge in [0, 0.05) is 19.3 Å². The summed E-state index contributed by atoms with van der Waals surface area (Å²) in [5.41, 5.74) is 2.28. The zero-order valence-corrected chi connectivity index (χ0v) is 7.55. The second-order valence-corrected chi connectivity index (χ2v) is 2.95. The molecule has 0 aliphatic heterocycles. The van der Waals surface area contributed by atoms with Gasteiger partial charge < -0.3 is 4.90 Å². The van der Waals surface area contributed by atoms with Crippen molar-refractivity contribution in [2.75, 3.05) is 25.2 Å². The average Bonchev–Trinajstić information content (AvgIpc) is 2.05. The summed E-state index contributed by atoms with van der Waals surface area (Å²) >= 11 is 0. The normalized spacial score (nSPS) is 9.92. The van der Waals surface area contributed by atoms with Crippen molar-refractivity contribution in [3.8, 4) is 0 Å². The number of aryl methyl sites for hydroxylation is 1. The molecule has 1 rings (SSSR count). The number of hydrogen-bond donors (Lipinski definition) is 0. The van der Waals surface area contributed by atoms with E-state index < -0.39 is 0 Å². The molecule has 0 aromatic heterocycles. The fraction of sp³-hybridized carbons (Fsp3) is 0.400. The van der Waals surface area contributed by atoms with Gasteiger partial charge in [0.1, 0.15) is 6.67 Å². The number of rotatable bonds is 3. The van der Waals surface area contributed by atoms with Gasteiger partial charge in [-0.15, -0.1) is 0 Å². The zero-order chi connectivity index (χ0) is 8.97. The van der Waals surface area contributed by atoms with E-state index >= 15 is 0 Å². The minimum Gasteiger partial charge on any atom is -0.372 e. The first-order chi connectivity index (χ1) is 5.74. The fourth-order valence-electron chi connectivity index (χ4n) is 1.12. The summed E-state index contributed by atoms with van der Waals surface area (Å²) in [5.74, 6) is 0. The summed E-state index contributed by atoms with van der Waals surface area (Å²) in [7, 11) is 1.90. The maximum Gasteiger partial charge on any atom is 0.107 e. The molecule has 1 aromatic carbocycles. The smallest absolute Gasteiger partial charge is 0.107 e. The molecule has 0 radical (unpaired) electrons. The van der Waals surface area contributed by atoms with E-state index in [0.717, 1.165) is 5.69 Å². The number of hydrogen-bond acceptors (Lipinski definition) is 1. The number of nitrogens with zero attached hydrogens (tertiary/aromatic N) is 1. The van der Waals surface area contributed by atoms with E-state index in [1.807, 2.05) is 37.1 Å². The molecule has 0 unspecified atom stereocenters. The van der Waals surface area contributed by atoms with Crippen LogP contribution >= 0.6 is 0 Å². The zero-order valence-electron chi connectivity index (χ0n) is 7.55. The van der Waals surface area contributed by atoms with E-state index in [4.69, 9.17) is 0 Å². The first-order valence-electron chi connectivity index (χ1n) is 4.08. The highest BCUT2D eigenvalue weighted by molar-refractivity contribution is 5.47. The highest BCUT2D eigenvalue weighted by Crippen LogP contribution is 2.13. The third kappa shape index (κ3) is 2.22. The van der Waals surface area contributed by atoms with Crippen molar-refractivity contribution in [1.82, 2.24) is 0 Å². The molecule has 12 heavy (non-hydrogen) atoms. The van der Waals surface area contributed by atoms with Gasteiger partial charge in [-0.3, -0.25) is 0 Å². The summed E-state index contributed by atoms with van der Waals surface area (Å²) in [6, 6.07) is 8.06. The Morgan fingerprint density at radius 1 is 1.42 bits per heavy atom. The van der Waals surface area contributed by atoms with Gasteiger partial charge in [0.25, 0.3) is 0 Å². The van der Waals surface area contributed by atoms with Gasteiger partial charge in [0.2, 0.25) is 0 Å². The lowest BCUT2D eigenvalue weighted by Gasteiger charge is -2.17. The molecule has 0 aliphatic rings. The Hall–Kier alpha value is -1.05. The largest absolute Gasteiger partial charge is 0.372 e. The van der Waals surface area contributed by atoms with Crippen LogP contribution in [0.15, 0.2) is 24.3 Å². The van der Waals surface area contributed by atoms with Gasteiger partial charge >= 0.3 is 0 Å². The summed E-state index contributed by atoms with van der Waals surface area (Å²) in [5, 5.41) is 0. The Kier molecular flexibility index (Phi) is 3.09. The molecule has 0 aliphatic carbocycles. The van der Waals surface area contributed by atoms with Crippen molar-refractivity contribution < 1.29 is 4.39 Å². The number of halogens is 1. The number of benzene rings is 1. The van der Waals surface area contributed by atoms with Gasteiger partial charge in [-0.2, -0.15) is 0 Å². The summed E-state index contributed by atoms with van der Waals surface area (Å²) < 4.78 is 12.0. The standard InChI is InChI=1S/C10H14FN/c1-9-4-3-5-10(8-9)12(2)7-6-11/h3-5,8H,6-7H2,1-2H3. The third-order valence-electron chi connectivity index (χ3n) is 1.86. The molecule has 0 atom stereocenters. The lowest BCUT2D eigenvalue weighted by molar-refractivity contribution is 0.497. The topological polar surface area (TPSA) is 3.24 Å². The number of alkyl halides is 1. The molecule has 2 heteroatoms. The maximum atomic E-state index is 12.0. The van der Waals surface area contributed by atoms with Crippen LogP contribution in [0.1, 0.15) is 5.56 Å². The Labute approximate surface area is 72.8 Å². The molecule has 1 nitrogen and oxygen atoms in total. The van der Waals surface area contributed by atoms with Crippen LogP contribution in [-0.4, -0.2) is 20.3 Å². The van der Waals surface area contributed by atoms with E-state index in [1.54, 1.807) is 0 Å². The quantitative estimate of drug-likeness (QED) is 0.668. The molecular formula is C10H14FN. The third-order valence-corrected chi connectivity index (χ3v) is 1.86. The van der Waals surface area contributed by atoms with Crippen molar-refractivity contribution >= 4 is 5.69 Å². The van der Waals surface area contributed by atoms with Crippen molar-refractivity contribution in [1.29, 1.82) is 0 Å². The highest BCUT2D eigenvalue weighted by atomic mass is 19.1. The van der Waals surface area contributed by atoms with Gasteiger partial charge in [-0.05, 0) is 24.6 Å². The van der Waals surface area contributed by atoms with E-state index in [9.17, 15) is 4.39 Å². The molecule has 0 fully saturated rings. The molecule has 1 aromatic rings. The van der Waals surface area contributed by atoms with Crippen LogP contribution in [0.4, 0.5) is 10.1 Å². The minimum atomic E-state index is -0.301. The Balaban J connectivity index is 2.73. The Bertz CT molecular complexity index is 247. The molecule has 66 valence electrons. The molecule has 0 spiro atoms. The molecule has 0 saturated heterocycles. The maximum absolute atomic E-state index is 12.0. The lowest BCUT2D eigenvalue weighted by Crippen LogP contribution is -2.19.